The van der Waals surface area contributed by atoms with Crippen LogP contribution in [0.2, 0.25) is 0 Å². The molecule has 0 aromatic heterocycles. The van der Waals surface area contributed by atoms with Gasteiger partial charge in [-0.2, -0.15) is 0 Å². The van der Waals surface area contributed by atoms with E-state index in [-0.39, 0.29) is 23.7 Å². The van der Waals surface area contributed by atoms with E-state index in [9.17, 15) is 19.2 Å². The van der Waals surface area contributed by atoms with Crippen LogP contribution in [0.1, 0.15) is 68.9 Å². The first-order chi connectivity index (χ1) is 15.5. The maximum absolute atomic E-state index is 13.2. The number of carbonyl (C=O) groups is 4. The first-order valence-corrected chi connectivity index (χ1v) is 11.1. The number of hydrogen-bond acceptors (Lipinski definition) is 4. The molecule has 7 heteroatoms. The van der Waals surface area contributed by atoms with Gasteiger partial charge in [-0.25, -0.2) is 4.79 Å². The van der Waals surface area contributed by atoms with Gasteiger partial charge in [0.05, 0.1) is 6.54 Å². The van der Waals surface area contributed by atoms with Gasteiger partial charge >= 0.3 is 6.03 Å². The second kappa shape index (κ2) is 9.17. The average Bonchev–Trinajstić information content (AvgIpc) is 2.97. The minimum absolute atomic E-state index is 0.0326. The van der Waals surface area contributed by atoms with E-state index in [4.69, 9.17) is 0 Å². The summed E-state index contributed by atoms with van der Waals surface area (Å²) in [6.45, 7) is 9.52. The van der Waals surface area contributed by atoms with Crippen LogP contribution in [0, 0.1) is 0 Å². The Kier molecular flexibility index (Phi) is 6.72. The number of hydrogen-bond donors (Lipinski definition) is 2. The van der Waals surface area contributed by atoms with Crippen molar-refractivity contribution in [2.45, 2.75) is 58.4 Å². The van der Waals surface area contributed by atoms with E-state index < -0.39 is 17.5 Å². The monoisotopic (exact) mass is 449 g/mol. The number of Topliss-reactive ketones (excluding diaryl/α,β-unsaturated/α-hetero) is 1. The molecule has 0 spiro atoms. The Morgan fingerprint density at radius 1 is 1.00 bits per heavy atom. The van der Waals surface area contributed by atoms with Crippen LogP contribution in [0.4, 0.5) is 10.5 Å². The van der Waals surface area contributed by atoms with E-state index in [1.165, 1.54) is 0 Å². The zero-order valence-electron chi connectivity index (χ0n) is 19.8. The molecular weight excluding hydrogens is 418 g/mol. The van der Waals surface area contributed by atoms with Crippen LogP contribution < -0.4 is 10.6 Å². The van der Waals surface area contributed by atoms with Crippen LogP contribution in [0.3, 0.4) is 0 Å². The van der Waals surface area contributed by atoms with Crippen molar-refractivity contribution in [2.75, 3.05) is 11.9 Å². The number of benzene rings is 2. The molecule has 7 nitrogen and oxygen atoms in total. The molecule has 33 heavy (non-hydrogen) atoms. The molecular formula is C26H31N3O4. The van der Waals surface area contributed by atoms with E-state index in [0.717, 1.165) is 16.9 Å². The van der Waals surface area contributed by atoms with Crippen molar-refractivity contribution in [1.29, 1.82) is 0 Å². The van der Waals surface area contributed by atoms with Gasteiger partial charge in [-0.3, -0.25) is 19.3 Å². The highest BCUT2D eigenvalue weighted by Gasteiger charge is 2.49. The Balaban J connectivity index is 1.72. The number of nitrogens with zero attached hydrogens (tertiary/aromatic N) is 1. The third kappa shape index (κ3) is 5.13. The third-order valence-electron chi connectivity index (χ3n) is 5.87. The number of anilines is 1. The summed E-state index contributed by atoms with van der Waals surface area (Å²) in [5.74, 6) is -0.921. The van der Waals surface area contributed by atoms with E-state index in [0.29, 0.717) is 23.2 Å². The molecule has 4 amide bonds. The first kappa shape index (κ1) is 24.2. The summed E-state index contributed by atoms with van der Waals surface area (Å²) in [5.41, 5.74) is 1.46. The molecule has 1 atom stereocenters. The fraction of sp³-hybridized carbons (Fsp3) is 0.385. The Morgan fingerprint density at radius 3 is 2.15 bits per heavy atom. The molecule has 0 bridgehead atoms. The zero-order chi connectivity index (χ0) is 24.4. The minimum Gasteiger partial charge on any atom is -0.326 e. The molecule has 1 saturated heterocycles. The van der Waals surface area contributed by atoms with Crippen LogP contribution in [0.15, 0.2) is 48.5 Å². The maximum Gasteiger partial charge on any atom is 0.325 e. The second-order valence-corrected chi connectivity index (χ2v) is 9.57. The third-order valence-corrected chi connectivity index (χ3v) is 5.87. The molecule has 0 aliphatic carbocycles. The van der Waals surface area contributed by atoms with Gasteiger partial charge in [-0.05, 0) is 54.2 Å². The maximum atomic E-state index is 13.2. The molecule has 3 rings (SSSR count). The number of nitrogens with one attached hydrogen (secondary N) is 2. The Morgan fingerprint density at radius 2 is 1.61 bits per heavy atom. The smallest absolute Gasteiger partial charge is 0.325 e. The fourth-order valence-electron chi connectivity index (χ4n) is 3.76. The summed E-state index contributed by atoms with van der Waals surface area (Å²) in [5, 5.41) is 5.50. The summed E-state index contributed by atoms with van der Waals surface area (Å²) in [6, 6.07) is 13.4. The van der Waals surface area contributed by atoms with Gasteiger partial charge in [0, 0.05) is 17.7 Å². The van der Waals surface area contributed by atoms with Crippen molar-refractivity contribution in [2.24, 2.45) is 0 Å². The lowest BCUT2D eigenvalue weighted by Crippen LogP contribution is -2.41. The predicted molar refractivity (Wildman–Crippen MR) is 127 cm³/mol. The number of carbonyl (C=O) groups excluding carboxylic acids is 4. The summed E-state index contributed by atoms with van der Waals surface area (Å²) >= 11 is 0. The van der Waals surface area contributed by atoms with Crippen molar-refractivity contribution < 1.29 is 19.2 Å². The Labute approximate surface area is 194 Å². The highest BCUT2D eigenvalue weighted by Crippen LogP contribution is 2.31. The van der Waals surface area contributed by atoms with Crippen LogP contribution in [0.5, 0.6) is 0 Å². The van der Waals surface area contributed by atoms with Gasteiger partial charge < -0.3 is 10.6 Å². The van der Waals surface area contributed by atoms with E-state index in [2.05, 4.69) is 31.4 Å². The molecule has 1 heterocycles. The quantitative estimate of drug-likeness (QED) is 0.485. The predicted octanol–water partition coefficient (Wildman–Crippen LogP) is 4.37. The molecule has 2 aromatic rings. The molecule has 174 valence electrons. The van der Waals surface area contributed by atoms with Crippen molar-refractivity contribution >= 4 is 29.3 Å². The van der Waals surface area contributed by atoms with Gasteiger partial charge in [0.2, 0.25) is 5.91 Å². The van der Waals surface area contributed by atoms with Crippen LogP contribution in [-0.4, -0.2) is 35.1 Å². The molecule has 1 aliphatic rings. The van der Waals surface area contributed by atoms with Crippen molar-refractivity contribution in [1.82, 2.24) is 10.2 Å². The molecule has 1 unspecified atom stereocenters. The highest BCUT2D eigenvalue weighted by molar-refractivity contribution is 6.11. The number of ketones is 1. The largest absolute Gasteiger partial charge is 0.326 e. The topological polar surface area (TPSA) is 95.6 Å². The molecule has 2 aromatic carbocycles. The van der Waals surface area contributed by atoms with Crippen molar-refractivity contribution in [3.63, 3.8) is 0 Å². The Hall–Kier alpha value is -3.48. The normalized spacial score (nSPS) is 18.3. The minimum atomic E-state index is -1.23. The lowest BCUT2D eigenvalue weighted by Gasteiger charge is -2.24. The Bertz CT molecular complexity index is 1070. The lowest BCUT2D eigenvalue weighted by atomic mass is 9.84. The second-order valence-electron chi connectivity index (χ2n) is 9.57. The summed E-state index contributed by atoms with van der Waals surface area (Å²) in [7, 11) is 0. The van der Waals surface area contributed by atoms with Crippen LogP contribution in [0.25, 0.3) is 0 Å². The molecule has 2 N–H and O–H groups in total. The van der Waals surface area contributed by atoms with Crippen molar-refractivity contribution in [3.8, 4) is 0 Å². The van der Waals surface area contributed by atoms with Gasteiger partial charge in [-0.1, -0.05) is 52.0 Å². The summed E-state index contributed by atoms with van der Waals surface area (Å²) < 4.78 is 0. The van der Waals surface area contributed by atoms with E-state index >= 15 is 0 Å². The standard InChI is InChI=1S/C26H31N3O4/c1-6-7-22(31)27-20-14-8-17(9-15-20)21(30)16-29-23(32)26(5,28-24(29)33)19-12-10-18(11-13-19)25(2,3)4/h8-15H,6-7,16H2,1-5H3,(H,27,31)(H,28,33). The van der Waals surface area contributed by atoms with Gasteiger partial charge in [0.15, 0.2) is 5.78 Å². The van der Waals surface area contributed by atoms with Gasteiger partial charge in [0.25, 0.3) is 5.91 Å². The van der Waals surface area contributed by atoms with Crippen LogP contribution in [-0.2, 0) is 20.5 Å². The van der Waals surface area contributed by atoms with Crippen LogP contribution >= 0.6 is 0 Å². The zero-order valence-corrected chi connectivity index (χ0v) is 19.8. The number of amides is 4. The lowest BCUT2D eigenvalue weighted by molar-refractivity contribution is -0.130. The summed E-state index contributed by atoms with van der Waals surface area (Å²) in [6.07, 6.45) is 1.17. The number of urea groups is 1. The van der Waals surface area contributed by atoms with Crippen molar-refractivity contribution in [3.05, 3.63) is 65.2 Å². The first-order valence-electron chi connectivity index (χ1n) is 11.1. The van der Waals surface area contributed by atoms with E-state index in [1.807, 2.05) is 31.2 Å². The van der Waals surface area contributed by atoms with Gasteiger partial charge in [-0.15, -0.1) is 0 Å². The molecule has 1 aliphatic heterocycles. The fourth-order valence-corrected chi connectivity index (χ4v) is 3.76. The molecule has 0 radical (unpaired) electrons. The van der Waals surface area contributed by atoms with E-state index in [1.54, 1.807) is 31.2 Å². The summed E-state index contributed by atoms with van der Waals surface area (Å²) in [4.78, 5) is 51.2. The highest BCUT2D eigenvalue weighted by atomic mass is 16.2. The molecule has 1 fully saturated rings. The number of rotatable bonds is 7. The number of imide groups is 1. The SMILES string of the molecule is CCCC(=O)Nc1ccc(C(=O)CN2C(=O)NC(C)(c3ccc(C(C)(C)C)cc3)C2=O)cc1. The average molecular weight is 450 g/mol. The van der Waals surface area contributed by atoms with Gasteiger partial charge in [0.1, 0.15) is 5.54 Å². The molecule has 0 saturated carbocycles.